The normalized spacial score (nSPS) is 17.5. The lowest BCUT2D eigenvalue weighted by molar-refractivity contribution is 0.0948. The van der Waals surface area contributed by atoms with Gasteiger partial charge in [-0.05, 0) is 42.7 Å². The largest absolute Gasteiger partial charge is 0.371 e. The number of nitrogens with one attached hydrogen (secondary N) is 1. The van der Waals surface area contributed by atoms with Gasteiger partial charge in [-0.3, -0.25) is 4.79 Å². The molecule has 3 rings (SSSR count). The Morgan fingerprint density at radius 1 is 1.16 bits per heavy atom. The highest BCUT2D eigenvalue weighted by Gasteiger charge is 2.23. The van der Waals surface area contributed by atoms with Gasteiger partial charge in [-0.1, -0.05) is 24.3 Å². The van der Waals surface area contributed by atoms with E-state index < -0.39 is 9.84 Å². The molecule has 1 atom stereocenters. The first-order valence-corrected chi connectivity index (χ1v) is 10.2. The molecule has 2 aromatic carbocycles. The topological polar surface area (TPSA) is 66.5 Å². The van der Waals surface area contributed by atoms with Crippen LogP contribution in [0.15, 0.2) is 59.5 Å². The van der Waals surface area contributed by atoms with Crippen molar-refractivity contribution in [3.05, 3.63) is 60.2 Å². The first kappa shape index (κ1) is 17.5. The molecule has 6 heteroatoms. The minimum atomic E-state index is -3.31. The van der Waals surface area contributed by atoms with Gasteiger partial charge in [-0.15, -0.1) is 0 Å². The lowest BCUT2D eigenvalue weighted by atomic mass is 10.1. The predicted octanol–water partition coefficient (Wildman–Crippen LogP) is 2.35. The number of sulfone groups is 1. The Morgan fingerprint density at radius 2 is 1.92 bits per heavy atom. The third-order valence-electron chi connectivity index (χ3n) is 4.48. The minimum absolute atomic E-state index is 0.163. The molecule has 2 aromatic rings. The van der Waals surface area contributed by atoms with E-state index in [2.05, 4.69) is 22.3 Å². The van der Waals surface area contributed by atoms with Crippen molar-refractivity contribution in [1.29, 1.82) is 0 Å². The van der Waals surface area contributed by atoms with Gasteiger partial charge < -0.3 is 10.2 Å². The van der Waals surface area contributed by atoms with Crippen molar-refractivity contribution in [2.24, 2.45) is 5.92 Å². The molecule has 1 saturated heterocycles. The summed E-state index contributed by atoms with van der Waals surface area (Å²) < 4.78 is 23.2. The number of para-hydroxylation sites is 1. The van der Waals surface area contributed by atoms with Crippen LogP contribution in [0.4, 0.5) is 5.69 Å². The number of carbonyl (C=O) groups excluding carboxylic acids is 1. The van der Waals surface area contributed by atoms with Crippen molar-refractivity contribution in [2.45, 2.75) is 11.3 Å². The molecule has 132 valence electrons. The molecular formula is C19H22N2O3S. The number of carbonyl (C=O) groups is 1. The number of anilines is 1. The monoisotopic (exact) mass is 358 g/mol. The Morgan fingerprint density at radius 3 is 2.64 bits per heavy atom. The number of hydrogen-bond acceptors (Lipinski definition) is 4. The molecule has 0 saturated carbocycles. The number of rotatable bonds is 5. The molecule has 1 aliphatic rings. The van der Waals surface area contributed by atoms with Gasteiger partial charge >= 0.3 is 0 Å². The maximum Gasteiger partial charge on any atom is 0.251 e. The molecule has 1 amide bonds. The van der Waals surface area contributed by atoms with Crippen molar-refractivity contribution in [3.8, 4) is 0 Å². The number of hydrogen-bond donors (Lipinski definition) is 1. The van der Waals surface area contributed by atoms with Crippen LogP contribution >= 0.6 is 0 Å². The number of benzene rings is 2. The van der Waals surface area contributed by atoms with Crippen LogP contribution in [-0.4, -0.2) is 40.2 Å². The highest BCUT2D eigenvalue weighted by atomic mass is 32.2. The van der Waals surface area contributed by atoms with Gasteiger partial charge in [0.2, 0.25) is 0 Å². The van der Waals surface area contributed by atoms with E-state index in [0.717, 1.165) is 25.8 Å². The summed E-state index contributed by atoms with van der Waals surface area (Å²) >= 11 is 0. The SMILES string of the molecule is CS(=O)(=O)c1cccc(C(=O)NC[C@@H]2CCN(c3ccccc3)C2)c1. The molecule has 0 aliphatic carbocycles. The van der Waals surface area contributed by atoms with Crippen molar-refractivity contribution in [3.63, 3.8) is 0 Å². The van der Waals surface area contributed by atoms with E-state index in [0.29, 0.717) is 18.0 Å². The van der Waals surface area contributed by atoms with Crippen LogP contribution in [0, 0.1) is 5.92 Å². The van der Waals surface area contributed by atoms with Gasteiger partial charge in [0.25, 0.3) is 5.91 Å². The Bertz CT molecular complexity index is 850. The zero-order valence-corrected chi connectivity index (χ0v) is 15.0. The molecule has 0 radical (unpaired) electrons. The highest BCUT2D eigenvalue weighted by Crippen LogP contribution is 2.23. The molecule has 0 aromatic heterocycles. The minimum Gasteiger partial charge on any atom is -0.371 e. The third kappa shape index (κ3) is 4.39. The van der Waals surface area contributed by atoms with Gasteiger partial charge in [0, 0.05) is 37.1 Å². The Balaban J connectivity index is 1.57. The quantitative estimate of drug-likeness (QED) is 0.891. The molecule has 5 nitrogen and oxygen atoms in total. The molecule has 0 spiro atoms. The van der Waals surface area contributed by atoms with Crippen LogP contribution in [0.25, 0.3) is 0 Å². The van der Waals surface area contributed by atoms with Crippen LogP contribution < -0.4 is 10.2 Å². The smallest absolute Gasteiger partial charge is 0.251 e. The molecule has 1 fully saturated rings. The third-order valence-corrected chi connectivity index (χ3v) is 5.59. The summed E-state index contributed by atoms with van der Waals surface area (Å²) in [6.07, 6.45) is 2.17. The first-order valence-electron chi connectivity index (χ1n) is 8.32. The molecule has 25 heavy (non-hydrogen) atoms. The van der Waals surface area contributed by atoms with E-state index in [-0.39, 0.29) is 10.8 Å². The van der Waals surface area contributed by atoms with Crippen molar-refractivity contribution >= 4 is 21.4 Å². The lowest BCUT2D eigenvalue weighted by Gasteiger charge is -2.18. The molecule has 0 unspecified atom stereocenters. The van der Waals surface area contributed by atoms with Gasteiger partial charge in [0.05, 0.1) is 4.90 Å². The van der Waals surface area contributed by atoms with E-state index in [1.54, 1.807) is 12.1 Å². The summed E-state index contributed by atoms with van der Waals surface area (Å²) in [5.74, 6) is 0.158. The van der Waals surface area contributed by atoms with E-state index in [9.17, 15) is 13.2 Å². The average Bonchev–Trinajstić information content (AvgIpc) is 3.09. The summed E-state index contributed by atoms with van der Waals surface area (Å²) in [6, 6.07) is 16.4. The van der Waals surface area contributed by atoms with E-state index >= 15 is 0 Å². The van der Waals surface area contributed by atoms with Crippen LogP contribution in [-0.2, 0) is 9.84 Å². The van der Waals surface area contributed by atoms with Crippen LogP contribution in [0.5, 0.6) is 0 Å². The second-order valence-electron chi connectivity index (χ2n) is 6.45. The second kappa shape index (κ2) is 7.27. The summed E-state index contributed by atoms with van der Waals surface area (Å²) in [5, 5.41) is 2.93. The lowest BCUT2D eigenvalue weighted by Crippen LogP contribution is -2.31. The Labute approximate surface area is 148 Å². The van der Waals surface area contributed by atoms with Gasteiger partial charge in [-0.25, -0.2) is 8.42 Å². The molecule has 1 heterocycles. The fourth-order valence-corrected chi connectivity index (χ4v) is 3.75. The van der Waals surface area contributed by atoms with E-state index in [1.165, 1.54) is 17.8 Å². The molecule has 1 aliphatic heterocycles. The molecular weight excluding hydrogens is 336 g/mol. The van der Waals surface area contributed by atoms with Gasteiger partial charge in [-0.2, -0.15) is 0 Å². The van der Waals surface area contributed by atoms with Crippen molar-refractivity contribution in [1.82, 2.24) is 5.32 Å². The fourth-order valence-electron chi connectivity index (χ4n) is 3.08. The van der Waals surface area contributed by atoms with E-state index in [1.807, 2.05) is 18.2 Å². The zero-order valence-electron chi connectivity index (χ0n) is 14.2. The van der Waals surface area contributed by atoms with Crippen molar-refractivity contribution in [2.75, 3.05) is 30.8 Å². The Kier molecular flexibility index (Phi) is 5.08. The number of amides is 1. The summed E-state index contributed by atoms with van der Waals surface area (Å²) in [5.41, 5.74) is 1.58. The summed E-state index contributed by atoms with van der Waals surface area (Å²) in [4.78, 5) is 14.8. The zero-order chi connectivity index (χ0) is 17.9. The maximum absolute atomic E-state index is 12.3. The molecule has 1 N–H and O–H groups in total. The standard InChI is InChI=1S/C19H22N2O3S/c1-25(23,24)18-9-5-6-16(12-18)19(22)20-13-15-10-11-21(14-15)17-7-3-2-4-8-17/h2-9,12,15H,10-11,13-14H2,1H3,(H,20,22)/t15-/m0/s1. The van der Waals surface area contributed by atoms with Crippen LogP contribution in [0.2, 0.25) is 0 Å². The van der Waals surface area contributed by atoms with Crippen LogP contribution in [0.3, 0.4) is 0 Å². The summed E-state index contributed by atoms with van der Waals surface area (Å²) in [6.45, 7) is 2.48. The molecule has 0 bridgehead atoms. The van der Waals surface area contributed by atoms with Crippen LogP contribution in [0.1, 0.15) is 16.8 Å². The summed E-state index contributed by atoms with van der Waals surface area (Å²) in [7, 11) is -3.31. The number of nitrogens with zero attached hydrogens (tertiary/aromatic N) is 1. The maximum atomic E-state index is 12.3. The first-order chi connectivity index (χ1) is 11.9. The Hall–Kier alpha value is -2.34. The average molecular weight is 358 g/mol. The van der Waals surface area contributed by atoms with Crippen molar-refractivity contribution < 1.29 is 13.2 Å². The highest BCUT2D eigenvalue weighted by molar-refractivity contribution is 7.90. The second-order valence-corrected chi connectivity index (χ2v) is 8.46. The van der Waals surface area contributed by atoms with E-state index in [4.69, 9.17) is 0 Å². The fraction of sp³-hybridized carbons (Fsp3) is 0.316. The van der Waals surface area contributed by atoms with Gasteiger partial charge in [0.15, 0.2) is 9.84 Å². The predicted molar refractivity (Wildman–Crippen MR) is 98.6 cm³/mol. The van der Waals surface area contributed by atoms with Gasteiger partial charge in [0.1, 0.15) is 0 Å².